The minimum absolute atomic E-state index is 0.165. The smallest absolute Gasteiger partial charge is 0.269 e. The number of anilines is 1. The van der Waals surface area contributed by atoms with Gasteiger partial charge in [0.2, 0.25) is 11.9 Å². The van der Waals surface area contributed by atoms with Crippen LogP contribution in [0.15, 0.2) is 60.3 Å². The topological polar surface area (TPSA) is 117 Å². The highest BCUT2D eigenvalue weighted by molar-refractivity contribution is 7.90. The van der Waals surface area contributed by atoms with E-state index in [0.29, 0.717) is 18.4 Å². The van der Waals surface area contributed by atoms with Crippen LogP contribution in [0.1, 0.15) is 12.0 Å². The lowest BCUT2D eigenvalue weighted by Crippen LogP contribution is -2.50. The molecule has 1 aliphatic rings. The van der Waals surface area contributed by atoms with Crippen molar-refractivity contribution in [2.45, 2.75) is 30.4 Å². The molecule has 10 heteroatoms. The molecule has 1 fully saturated rings. The third-order valence-corrected chi connectivity index (χ3v) is 6.90. The molecule has 1 amide bonds. The summed E-state index contributed by atoms with van der Waals surface area (Å²) in [7, 11) is -3.83. The summed E-state index contributed by atoms with van der Waals surface area (Å²) in [5, 5.41) is 13.8. The van der Waals surface area contributed by atoms with E-state index in [1.54, 1.807) is 30.3 Å². The first-order valence-corrected chi connectivity index (χ1v) is 11.2. The van der Waals surface area contributed by atoms with Crippen molar-refractivity contribution in [1.29, 1.82) is 0 Å². The number of nitrogens with zero attached hydrogens (tertiary/aromatic N) is 4. The Morgan fingerprint density at radius 2 is 2.00 bits per heavy atom. The van der Waals surface area contributed by atoms with Gasteiger partial charge in [0.1, 0.15) is 0 Å². The Labute approximate surface area is 180 Å². The Balaban J connectivity index is 1.63. The van der Waals surface area contributed by atoms with Crippen LogP contribution in [0, 0.1) is 6.92 Å². The number of amides is 1. The maximum absolute atomic E-state index is 13.1. The number of nitrogens with one attached hydrogen (secondary N) is 1. The second-order valence-electron chi connectivity index (χ2n) is 7.58. The predicted octanol–water partition coefficient (Wildman–Crippen LogP) is 1.54. The number of hydrogen-bond acceptors (Lipinski definition) is 7. The average molecular weight is 442 g/mol. The number of carbonyl (C=O) groups is 1. The predicted molar refractivity (Wildman–Crippen MR) is 116 cm³/mol. The van der Waals surface area contributed by atoms with Crippen molar-refractivity contribution in [3.63, 3.8) is 0 Å². The van der Waals surface area contributed by atoms with E-state index in [9.17, 15) is 18.3 Å². The number of aryl methyl sites for hydroxylation is 1. The van der Waals surface area contributed by atoms with Gasteiger partial charge in [-0.2, -0.15) is 4.98 Å². The van der Waals surface area contributed by atoms with Crippen molar-refractivity contribution in [3.05, 3.63) is 60.9 Å². The number of aromatic nitrogens is 3. The number of β-amino-alcohol motifs (C(OH)–C–C–N with tert-alkyl or cyclic N) is 1. The number of hydrogen-bond donors (Lipinski definition) is 2. The molecule has 1 saturated heterocycles. The van der Waals surface area contributed by atoms with E-state index < -0.39 is 16.1 Å². The molecule has 0 spiro atoms. The summed E-state index contributed by atoms with van der Waals surface area (Å²) in [5.74, 6) is -0.0448. The molecule has 162 valence electrons. The van der Waals surface area contributed by atoms with Crippen molar-refractivity contribution in [1.82, 2.24) is 18.8 Å². The molecule has 2 aromatic heterocycles. The van der Waals surface area contributed by atoms with Crippen molar-refractivity contribution < 1.29 is 18.3 Å². The van der Waals surface area contributed by atoms with Crippen molar-refractivity contribution in [2.24, 2.45) is 0 Å². The van der Waals surface area contributed by atoms with E-state index >= 15 is 0 Å². The van der Waals surface area contributed by atoms with Gasteiger partial charge in [-0.25, -0.2) is 17.4 Å². The molecule has 0 bridgehead atoms. The summed E-state index contributed by atoms with van der Waals surface area (Å²) in [6.07, 6.45) is 3.92. The number of likely N-dealkylation sites (tertiary alicyclic amines) is 1. The molecular formula is C21H23N5O4S. The monoisotopic (exact) mass is 441 g/mol. The van der Waals surface area contributed by atoms with Crippen molar-refractivity contribution >= 4 is 32.9 Å². The first-order valence-electron chi connectivity index (χ1n) is 9.80. The van der Waals surface area contributed by atoms with Gasteiger partial charge in [-0.05, 0) is 37.6 Å². The molecule has 3 heterocycles. The Morgan fingerprint density at radius 3 is 2.71 bits per heavy atom. The highest BCUT2D eigenvalue weighted by Gasteiger charge is 2.28. The molecule has 2 atom stereocenters. The van der Waals surface area contributed by atoms with Crippen LogP contribution in [0.4, 0.5) is 5.95 Å². The van der Waals surface area contributed by atoms with Gasteiger partial charge >= 0.3 is 0 Å². The third kappa shape index (κ3) is 4.17. The summed E-state index contributed by atoms with van der Waals surface area (Å²) in [4.78, 5) is 22.3. The van der Waals surface area contributed by atoms with Gasteiger partial charge < -0.3 is 15.3 Å². The SMILES string of the molecule is C=CC(=O)N1C[C@@H](O)C[C@@H](Nc2ncc3ccn(S(=O)(=O)c4ccc(C)cc4)c3n2)C1. The Hall–Kier alpha value is -3.24. The first kappa shape index (κ1) is 21.0. The fraction of sp³-hybridized carbons (Fsp3) is 0.286. The highest BCUT2D eigenvalue weighted by atomic mass is 32.2. The van der Waals surface area contributed by atoms with Crippen LogP contribution in [0.5, 0.6) is 0 Å². The van der Waals surface area contributed by atoms with Gasteiger partial charge in [0.15, 0.2) is 5.65 Å². The summed E-state index contributed by atoms with van der Waals surface area (Å²) >= 11 is 0. The summed E-state index contributed by atoms with van der Waals surface area (Å²) in [6.45, 7) is 5.96. The molecule has 9 nitrogen and oxygen atoms in total. The Bertz CT molecular complexity index is 1240. The van der Waals surface area contributed by atoms with Gasteiger partial charge in [0.25, 0.3) is 10.0 Å². The molecule has 0 aliphatic carbocycles. The van der Waals surface area contributed by atoms with Crippen molar-refractivity contribution in [2.75, 3.05) is 18.4 Å². The lowest BCUT2D eigenvalue weighted by Gasteiger charge is -2.35. The zero-order valence-corrected chi connectivity index (χ0v) is 17.8. The standard InChI is InChI=1S/C21H23N5O4S/c1-3-19(28)25-12-16(10-17(27)13-25)23-21-22-11-15-8-9-26(20(15)24-21)31(29,30)18-6-4-14(2)5-7-18/h3-9,11,16-17,27H,1,10,12-13H2,2H3,(H,22,23,24)/t16-,17+/m1/s1. The largest absolute Gasteiger partial charge is 0.391 e. The van der Waals surface area contributed by atoms with Crippen LogP contribution in [0.3, 0.4) is 0 Å². The van der Waals surface area contributed by atoms with Crippen LogP contribution < -0.4 is 5.32 Å². The molecule has 1 aromatic carbocycles. The minimum Gasteiger partial charge on any atom is -0.391 e. The number of rotatable bonds is 5. The average Bonchev–Trinajstić information content (AvgIpc) is 3.17. The van der Waals surface area contributed by atoms with E-state index in [1.807, 2.05) is 6.92 Å². The number of fused-ring (bicyclic) bond motifs is 1. The number of aliphatic hydroxyl groups is 1. The fourth-order valence-electron chi connectivity index (χ4n) is 3.65. The number of benzene rings is 1. The number of aliphatic hydroxyl groups excluding tert-OH is 1. The summed E-state index contributed by atoms with van der Waals surface area (Å²) < 4.78 is 27.4. The molecule has 2 N–H and O–H groups in total. The van der Waals surface area contributed by atoms with Gasteiger partial charge in [0.05, 0.1) is 11.0 Å². The van der Waals surface area contributed by atoms with Crippen LogP contribution in [0.2, 0.25) is 0 Å². The molecule has 31 heavy (non-hydrogen) atoms. The van der Waals surface area contributed by atoms with Crippen LogP contribution in [-0.2, 0) is 14.8 Å². The maximum atomic E-state index is 13.1. The van der Waals surface area contributed by atoms with E-state index in [0.717, 1.165) is 9.54 Å². The number of piperidine rings is 1. The Kier molecular flexibility index (Phi) is 5.50. The number of carbonyl (C=O) groups excluding carboxylic acids is 1. The van der Waals surface area contributed by atoms with Crippen molar-refractivity contribution in [3.8, 4) is 0 Å². The van der Waals surface area contributed by atoms with Crippen LogP contribution in [0.25, 0.3) is 11.0 Å². The van der Waals surface area contributed by atoms with E-state index in [-0.39, 0.29) is 35.0 Å². The maximum Gasteiger partial charge on any atom is 0.269 e. The summed E-state index contributed by atoms with van der Waals surface area (Å²) in [6, 6.07) is 7.95. The highest BCUT2D eigenvalue weighted by Crippen LogP contribution is 2.22. The molecule has 3 aromatic rings. The zero-order valence-electron chi connectivity index (χ0n) is 17.0. The van der Waals surface area contributed by atoms with Crippen LogP contribution >= 0.6 is 0 Å². The van der Waals surface area contributed by atoms with E-state index in [1.165, 1.54) is 23.4 Å². The molecular weight excluding hydrogens is 418 g/mol. The van der Waals surface area contributed by atoms with Gasteiger partial charge in [-0.3, -0.25) is 4.79 Å². The molecule has 0 unspecified atom stereocenters. The second-order valence-corrected chi connectivity index (χ2v) is 9.40. The fourth-order valence-corrected chi connectivity index (χ4v) is 4.95. The first-order chi connectivity index (χ1) is 14.8. The molecule has 0 radical (unpaired) electrons. The molecule has 1 aliphatic heterocycles. The van der Waals surface area contributed by atoms with E-state index in [2.05, 4.69) is 21.9 Å². The Morgan fingerprint density at radius 1 is 1.26 bits per heavy atom. The van der Waals surface area contributed by atoms with Gasteiger partial charge in [-0.1, -0.05) is 24.3 Å². The van der Waals surface area contributed by atoms with E-state index in [4.69, 9.17) is 0 Å². The molecule has 0 saturated carbocycles. The second kappa shape index (κ2) is 8.12. The minimum atomic E-state index is -3.83. The van der Waals surface area contributed by atoms with Crippen LogP contribution in [-0.4, -0.2) is 63.5 Å². The quantitative estimate of drug-likeness (QED) is 0.577. The zero-order chi connectivity index (χ0) is 22.2. The lowest BCUT2D eigenvalue weighted by atomic mass is 10.0. The van der Waals surface area contributed by atoms with Gasteiger partial charge in [-0.15, -0.1) is 0 Å². The molecule has 4 rings (SSSR count). The third-order valence-electron chi connectivity index (χ3n) is 5.22. The summed E-state index contributed by atoms with van der Waals surface area (Å²) in [5.41, 5.74) is 1.21. The normalized spacial score (nSPS) is 19.4. The lowest BCUT2D eigenvalue weighted by molar-refractivity contribution is -0.129. The van der Waals surface area contributed by atoms with Gasteiger partial charge in [0, 0.05) is 36.9 Å².